The fourth-order valence-electron chi connectivity index (χ4n) is 9.33. The summed E-state index contributed by atoms with van der Waals surface area (Å²) in [5.74, 6) is 2.02. The Balaban J connectivity index is 1.09. The van der Waals surface area contributed by atoms with Crippen LogP contribution in [-0.2, 0) is 0 Å². The molecule has 2 nitrogen and oxygen atoms in total. The summed E-state index contributed by atoms with van der Waals surface area (Å²) >= 11 is 0. The van der Waals surface area contributed by atoms with Gasteiger partial charge in [-0.25, -0.2) is 0 Å². The lowest BCUT2D eigenvalue weighted by molar-refractivity contribution is 0.296. The average molecular weight is 677 g/mol. The van der Waals surface area contributed by atoms with Crippen LogP contribution >= 0.6 is 0 Å². The van der Waals surface area contributed by atoms with Gasteiger partial charge in [0.25, 0.3) is 0 Å². The summed E-state index contributed by atoms with van der Waals surface area (Å²) in [7, 11) is 0. The number of benzene rings is 5. The third kappa shape index (κ3) is 5.95. The molecule has 3 aliphatic rings. The minimum Gasteiger partial charge on any atom is -0.332 e. The summed E-state index contributed by atoms with van der Waals surface area (Å²) in [4.78, 5) is 2.50. The first-order valence-corrected chi connectivity index (χ1v) is 19.4. The highest BCUT2D eigenvalue weighted by atomic mass is 15.2. The molecule has 0 aliphatic heterocycles. The summed E-state index contributed by atoms with van der Waals surface area (Å²) in [6.07, 6.45) is 20.0. The SMILES string of the molecule is CC1CCCCC1C1=CCC(c2ccc(-c3ccc4c(c3)c3c(n4-c4ccccc4)=CC(C)(N(c4ccccc4)c4ccccc4)CC=3)cc2)C=C1. The Morgan fingerprint density at radius 2 is 1.35 bits per heavy atom. The highest BCUT2D eigenvalue weighted by Gasteiger charge is 2.33. The standard InChI is InChI=1S/C50H48N2/c1-36-14-12-13-21-45(36)40-28-26-38(27-29-40)37-22-24-39(25-23-37)41-30-31-48-47(34-41)46-32-33-50(2,35-49(46)51(48)42-15-6-3-7-16-42)52(43-17-8-4-9-18-43)44-19-10-5-11-20-44/h3-11,15-20,22-26,28-32,34-36,38,45H,12-14,21,27,33H2,1-2H3. The van der Waals surface area contributed by atoms with Crippen LogP contribution in [0.25, 0.3) is 39.9 Å². The highest BCUT2D eigenvalue weighted by Crippen LogP contribution is 2.40. The molecule has 52 heavy (non-hydrogen) atoms. The number of nitrogens with zero attached hydrogens (tertiary/aromatic N) is 2. The molecule has 0 radical (unpaired) electrons. The Labute approximate surface area is 308 Å². The summed E-state index contributed by atoms with van der Waals surface area (Å²) in [6.45, 7) is 4.83. The first-order valence-electron chi connectivity index (χ1n) is 19.4. The van der Waals surface area contributed by atoms with E-state index in [9.17, 15) is 0 Å². The zero-order chi connectivity index (χ0) is 35.1. The third-order valence-electron chi connectivity index (χ3n) is 12.1. The molecular weight excluding hydrogens is 629 g/mol. The summed E-state index contributed by atoms with van der Waals surface area (Å²) in [6, 6.07) is 48.9. The molecule has 4 atom stereocenters. The van der Waals surface area contributed by atoms with Gasteiger partial charge in [-0.3, -0.25) is 0 Å². The van der Waals surface area contributed by atoms with Crippen molar-refractivity contribution in [1.82, 2.24) is 4.57 Å². The number of hydrogen-bond acceptors (Lipinski definition) is 1. The zero-order valence-electron chi connectivity index (χ0n) is 30.5. The molecule has 1 heterocycles. The number of rotatable bonds is 7. The highest BCUT2D eigenvalue weighted by molar-refractivity contribution is 5.89. The predicted molar refractivity (Wildman–Crippen MR) is 221 cm³/mol. The van der Waals surface area contributed by atoms with Gasteiger partial charge in [-0.05, 0) is 115 Å². The maximum Gasteiger partial charge on any atom is 0.0663 e. The molecule has 2 heteroatoms. The van der Waals surface area contributed by atoms with Crippen LogP contribution in [0.15, 0.2) is 157 Å². The van der Waals surface area contributed by atoms with Crippen LogP contribution in [0.5, 0.6) is 0 Å². The van der Waals surface area contributed by atoms with Crippen LogP contribution in [0.4, 0.5) is 11.4 Å². The Kier molecular flexibility index (Phi) is 8.55. The minimum absolute atomic E-state index is 0.284. The van der Waals surface area contributed by atoms with Gasteiger partial charge in [0.1, 0.15) is 0 Å². The molecular formula is C50H48N2. The van der Waals surface area contributed by atoms with E-state index in [4.69, 9.17) is 0 Å². The normalized spacial score (nSPS) is 22.6. The van der Waals surface area contributed by atoms with Crippen molar-refractivity contribution in [2.75, 3.05) is 4.90 Å². The smallest absolute Gasteiger partial charge is 0.0663 e. The molecule has 0 bridgehead atoms. The van der Waals surface area contributed by atoms with Gasteiger partial charge in [0.05, 0.1) is 16.4 Å². The molecule has 0 spiro atoms. The lowest BCUT2D eigenvalue weighted by atomic mass is 9.74. The van der Waals surface area contributed by atoms with E-state index < -0.39 is 0 Å². The third-order valence-corrected chi connectivity index (χ3v) is 12.1. The van der Waals surface area contributed by atoms with Crippen LogP contribution in [-0.4, -0.2) is 10.1 Å². The molecule has 9 rings (SSSR count). The molecule has 5 aromatic carbocycles. The molecule has 0 N–H and O–H groups in total. The summed E-state index contributed by atoms with van der Waals surface area (Å²) < 4.78 is 2.46. The Hall–Kier alpha value is -5.34. The van der Waals surface area contributed by atoms with Crippen LogP contribution < -0.4 is 15.5 Å². The number of fused-ring (bicyclic) bond motifs is 3. The first kappa shape index (κ1) is 32.6. The van der Waals surface area contributed by atoms with Crippen LogP contribution in [0, 0.1) is 11.8 Å². The van der Waals surface area contributed by atoms with Crippen molar-refractivity contribution in [2.45, 2.75) is 63.8 Å². The molecule has 0 saturated heterocycles. The molecule has 1 fully saturated rings. The fourth-order valence-corrected chi connectivity index (χ4v) is 9.33. The minimum atomic E-state index is -0.284. The lowest BCUT2D eigenvalue weighted by Crippen LogP contribution is -2.48. The monoisotopic (exact) mass is 676 g/mol. The van der Waals surface area contributed by atoms with Crippen molar-refractivity contribution in [3.8, 4) is 16.8 Å². The van der Waals surface area contributed by atoms with Crippen molar-refractivity contribution < 1.29 is 0 Å². The van der Waals surface area contributed by atoms with Crippen molar-refractivity contribution in [3.05, 3.63) is 173 Å². The summed E-state index contributed by atoms with van der Waals surface area (Å²) in [5.41, 5.74) is 10.0. The predicted octanol–water partition coefficient (Wildman–Crippen LogP) is 11.7. The van der Waals surface area contributed by atoms with Gasteiger partial charge in [0.15, 0.2) is 0 Å². The van der Waals surface area contributed by atoms with Crippen molar-refractivity contribution in [2.24, 2.45) is 11.8 Å². The number of aromatic nitrogens is 1. The van der Waals surface area contributed by atoms with Crippen LogP contribution in [0.2, 0.25) is 0 Å². The zero-order valence-corrected chi connectivity index (χ0v) is 30.5. The molecule has 1 aromatic heterocycles. The maximum atomic E-state index is 2.54. The average Bonchev–Trinajstić information content (AvgIpc) is 3.51. The topological polar surface area (TPSA) is 8.17 Å². The van der Waals surface area contributed by atoms with E-state index in [1.165, 1.54) is 80.9 Å². The fraction of sp³-hybridized carbons (Fsp3) is 0.240. The first-order chi connectivity index (χ1) is 25.6. The van der Waals surface area contributed by atoms with E-state index in [1.807, 2.05) is 0 Å². The Morgan fingerprint density at radius 3 is 2.00 bits per heavy atom. The largest absolute Gasteiger partial charge is 0.332 e. The van der Waals surface area contributed by atoms with Crippen LogP contribution in [0.1, 0.15) is 63.9 Å². The van der Waals surface area contributed by atoms with Crippen molar-refractivity contribution in [1.29, 1.82) is 0 Å². The molecule has 4 unspecified atom stereocenters. The van der Waals surface area contributed by atoms with Gasteiger partial charge < -0.3 is 9.47 Å². The lowest BCUT2D eigenvalue weighted by Gasteiger charge is -2.41. The van der Waals surface area contributed by atoms with Gasteiger partial charge in [0, 0.05) is 33.6 Å². The van der Waals surface area contributed by atoms with E-state index in [2.05, 4.69) is 187 Å². The quantitative estimate of drug-likeness (QED) is 0.163. The van der Waals surface area contributed by atoms with Gasteiger partial charge in [-0.2, -0.15) is 0 Å². The van der Waals surface area contributed by atoms with Crippen molar-refractivity contribution in [3.63, 3.8) is 0 Å². The van der Waals surface area contributed by atoms with E-state index >= 15 is 0 Å². The van der Waals surface area contributed by atoms with E-state index in [-0.39, 0.29) is 5.54 Å². The van der Waals surface area contributed by atoms with E-state index in [1.54, 1.807) is 5.57 Å². The second kappa shape index (κ2) is 13.7. The Bertz CT molecular complexity index is 2340. The van der Waals surface area contributed by atoms with E-state index in [0.717, 1.165) is 24.7 Å². The Morgan fingerprint density at radius 1 is 0.692 bits per heavy atom. The molecule has 0 amide bonds. The maximum absolute atomic E-state index is 2.54. The molecule has 1 saturated carbocycles. The van der Waals surface area contributed by atoms with Gasteiger partial charge in [-0.1, -0.05) is 135 Å². The summed E-state index contributed by atoms with van der Waals surface area (Å²) in [5, 5.41) is 3.87. The second-order valence-electron chi connectivity index (χ2n) is 15.5. The van der Waals surface area contributed by atoms with Crippen LogP contribution in [0.3, 0.4) is 0 Å². The molecule has 258 valence electrons. The second-order valence-corrected chi connectivity index (χ2v) is 15.5. The van der Waals surface area contributed by atoms with Crippen molar-refractivity contribution >= 4 is 34.4 Å². The van der Waals surface area contributed by atoms with E-state index in [0.29, 0.717) is 5.92 Å². The number of anilines is 2. The molecule has 6 aromatic rings. The number of allylic oxidation sites excluding steroid dienone is 4. The molecule has 3 aliphatic carbocycles. The number of para-hydroxylation sites is 3. The number of hydrogen-bond donors (Lipinski definition) is 0. The van der Waals surface area contributed by atoms with Gasteiger partial charge in [-0.15, -0.1) is 0 Å². The van der Waals surface area contributed by atoms with Gasteiger partial charge >= 0.3 is 0 Å². The van der Waals surface area contributed by atoms with Gasteiger partial charge in [0.2, 0.25) is 0 Å².